The Balaban J connectivity index is 2.13. The highest BCUT2D eigenvalue weighted by atomic mass is 32.2. The molecule has 2 rings (SSSR count). The summed E-state index contributed by atoms with van der Waals surface area (Å²) in [4.78, 5) is 0.546. The van der Waals surface area contributed by atoms with Crippen LogP contribution in [0.4, 0.5) is 4.39 Å². The van der Waals surface area contributed by atoms with Crippen molar-refractivity contribution in [2.24, 2.45) is 12.8 Å². The van der Waals surface area contributed by atoms with Crippen LogP contribution in [-0.2, 0) is 13.5 Å². The van der Waals surface area contributed by atoms with Gasteiger partial charge < -0.3 is 10.3 Å². The van der Waals surface area contributed by atoms with Crippen LogP contribution in [0.15, 0.2) is 34.6 Å². The van der Waals surface area contributed by atoms with Crippen molar-refractivity contribution in [3.8, 4) is 0 Å². The van der Waals surface area contributed by atoms with Gasteiger partial charge in [0.25, 0.3) is 0 Å². The van der Waals surface area contributed by atoms with Crippen molar-refractivity contribution in [3.05, 3.63) is 35.9 Å². The number of nitrogens with two attached hydrogens (primary N) is 1. The highest BCUT2D eigenvalue weighted by Gasteiger charge is 2.10. The molecular weight excluding hydrogens is 263 g/mol. The second kappa shape index (κ2) is 6.16. The SMILES string of the molecule is CCC(N)Cc1ccc(Sc2nncn2C)c(F)c1. The maximum absolute atomic E-state index is 14.0. The molecule has 0 radical (unpaired) electrons. The first-order valence-electron chi connectivity index (χ1n) is 6.16. The molecule has 0 aliphatic carbocycles. The number of nitrogens with zero attached hydrogens (tertiary/aromatic N) is 3. The molecule has 0 amide bonds. The highest BCUT2D eigenvalue weighted by Crippen LogP contribution is 2.28. The normalized spacial score (nSPS) is 12.6. The Morgan fingerprint density at radius 3 is 2.84 bits per heavy atom. The summed E-state index contributed by atoms with van der Waals surface area (Å²) in [5.41, 5.74) is 6.80. The number of aromatic nitrogens is 3. The van der Waals surface area contributed by atoms with Crippen LogP contribution >= 0.6 is 11.8 Å². The molecule has 6 heteroatoms. The van der Waals surface area contributed by atoms with Crippen molar-refractivity contribution < 1.29 is 4.39 Å². The van der Waals surface area contributed by atoms with Gasteiger partial charge in [-0.15, -0.1) is 10.2 Å². The van der Waals surface area contributed by atoms with Gasteiger partial charge in [-0.25, -0.2) is 4.39 Å². The minimum Gasteiger partial charge on any atom is -0.327 e. The Hall–Kier alpha value is -1.40. The summed E-state index contributed by atoms with van der Waals surface area (Å²) in [6.07, 6.45) is 3.17. The summed E-state index contributed by atoms with van der Waals surface area (Å²) < 4.78 is 15.8. The molecule has 0 saturated carbocycles. The second-order valence-electron chi connectivity index (χ2n) is 4.46. The lowest BCUT2D eigenvalue weighted by Crippen LogP contribution is -2.21. The number of hydrogen-bond acceptors (Lipinski definition) is 4. The zero-order valence-corrected chi connectivity index (χ0v) is 11.8. The molecule has 0 aliphatic rings. The molecule has 19 heavy (non-hydrogen) atoms. The van der Waals surface area contributed by atoms with Gasteiger partial charge in [0.2, 0.25) is 0 Å². The second-order valence-corrected chi connectivity index (χ2v) is 5.47. The predicted octanol–water partition coefficient (Wildman–Crippen LogP) is 2.39. The van der Waals surface area contributed by atoms with Crippen LogP contribution in [0.25, 0.3) is 0 Å². The van der Waals surface area contributed by atoms with Gasteiger partial charge in [-0.2, -0.15) is 0 Å². The van der Waals surface area contributed by atoms with Gasteiger partial charge in [0.1, 0.15) is 12.1 Å². The van der Waals surface area contributed by atoms with E-state index in [0.29, 0.717) is 16.5 Å². The molecule has 0 bridgehead atoms. The van der Waals surface area contributed by atoms with Gasteiger partial charge in [-0.1, -0.05) is 13.0 Å². The van der Waals surface area contributed by atoms with E-state index in [1.807, 2.05) is 20.0 Å². The largest absolute Gasteiger partial charge is 0.327 e. The van der Waals surface area contributed by atoms with Crippen LogP contribution in [0.1, 0.15) is 18.9 Å². The molecule has 0 spiro atoms. The third kappa shape index (κ3) is 3.54. The minimum absolute atomic E-state index is 0.0802. The van der Waals surface area contributed by atoms with E-state index in [1.165, 1.54) is 11.8 Å². The summed E-state index contributed by atoms with van der Waals surface area (Å²) in [6, 6.07) is 5.31. The fraction of sp³-hybridized carbons (Fsp3) is 0.385. The van der Waals surface area contributed by atoms with E-state index >= 15 is 0 Å². The summed E-state index contributed by atoms with van der Waals surface area (Å²) in [5.74, 6) is -0.242. The summed E-state index contributed by atoms with van der Waals surface area (Å²) in [6.45, 7) is 2.03. The molecule has 1 aromatic carbocycles. The molecule has 2 N–H and O–H groups in total. The smallest absolute Gasteiger partial charge is 0.195 e. The van der Waals surface area contributed by atoms with Gasteiger partial charge in [0.05, 0.1) is 4.90 Å². The standard InChI is InChI=1S/C13H17FN4S/c1-3-10(15)6-9-4-5-12(11(14)7-9)19-13-17-16-8-18(13)2/h4-5,7-8,10H,3,6,15H2,1-2H3. The molecule has 1 atom stereocenters. The van der Waals surface area contributed by atoms with E-state index in [4.69, 9.17) is 5.73 Å². The van der Waals surface area contributed by atoms with Gasteiger partial charge in [0.15, 0.2) is 5.16 Å². The quantitative estimate of drug-likeness (QED) is 0.913. The van der Waals surface area contributed by atoms with Gasteiger partial charge in [-0.05, 0) is 42.3 Å². The van der Waals surface area contributed by atoms with Crippen molar-refractivity contribution in [2.75, 3.05) is 0 Å². The lowest BCUT2D eigenvalue weighted by Gasteiger charge is -2.10. The van der Waals surface area contributed by atoms with E-state index in [0.717, 1.165) is 12.0 Å². The molecule has 0 aliphatic heterocycles. The molecule has 1 heterocycles. The van der Waals surface area contributed by atoms with E-state index in [9.17, 15) is 4.39 Å². The summed E-state index contributed by atoms with van der Waals surface area (Å²) in [7, 11) is 1.83. The molecule has 4 nitrogen and oxygen atoms in total. The Bertz CT molecular complexity index is 555. The third-order valence-electron chi connectivity index (χ3n) is 2.89. The van der Waals surface area contributed by atoms with Gasteiger partial charge in [-0.3, -0.25) is 0 Å². The van der Waals surface area contributed by atoms with Crippen LogP contribution < -0.4 is 5.73 Å². The van der Waals surface area contributed by atoms with Crippen LogP contribution in [0.5, 0.6) is 0 Å². The third-order valence-corrected chi connectivity index (χ3v) is 3.99. The maximum Gasteiger partial charge on any atom is 0.195 e. The molecule has 0 saturated heterocycles. The van der Waals surface area contributed by atoms with Crippen molar-refractivity contribution in [2.45, 2.75) is 35.9 Å². The number of halogens is 1. The van der Waals surface area contributed by atoms with Crippen LogP contribution in [0, 0.1) is 5.82 Å². The van der Waals surface area contributed by atoms with Crippen molar-refractivity contribution in [1.29, 1.82) is 0 Å². The Morgan fingerprint density at radius 1 is 1.47 bits per heavy atom. The minimum atomic E-state index is -0.242. The average Bonchev–Trinajstić information content (AvgIpc) is 2.78. The first kappa shape index (κ1) is 14.0. The Morgan fingerprint density at radius 2 is 2.26 bits per heavy atom. The maximum atomic E-state index is 14.0. The lowest BCUT2D eigenvalue weighted by molar-refractivity contribution is 0.592. The lowest BCUT2D eigenvalue weighted by atomic mass is 10.0. The average molecular weight is 280 g/mol. The molecule has 1 aromatic heterocycles. The van der Waals surface area contributed by atoms with Crippen LogP contribution in [0.2, 0.25) is 0 Å². The van der Waals surface area contributed by atoms with Crippen LogP contribution in [0.3, 0.4) is 0 Å². The number of rotatable bonds is 5. The summed E-state index contributed by atoms with van der Waals surface area (Å²) in [5, 5.41) is 8.36. The van der Waals surface area contributed by atoms with Crippen LogP contribution in [-0.4, -0.2) is 20.8 Å². The molecule has 102 valence electrons. The monoisotopic (exact) mass is 280 g/mol. The molecular formula is C13H17FN4S. The molecule has 0 fully saturated rings. The zero-order valence-electron chi connectivity index (χ0n) is 11.0. The van der Waals surface area contributed by atoms with E-state index in [1.54, 1.807) is 23.0 Å². The number of benzene rings is 1. The van der Waals surface area contributed by atoms with Crippen molar-refractivity contribution in [3.63, 3.8) is 0 Å². The first-order chi connectivity index (χ1) is 9.10. The van der Waals surface area contributed by atoms with Crippen molar-refractivity contribution in [1.82, 2.24) is 14.8 Å². The summed E-state index contributed by atoms with van der Waals surface area (Å²) >= 11 is 1.26. The van der Waals surface area contributed by atoms with E-state index in [2.05, 4.69) is 10.2 Å². The van der Waals surface area contributed by atoms with Crippen molar-refractivity contribution >= 4 is 11.8 Å². The fourth-order valence-electron chi connectivity index (χ4n) is 1.66. The first-order valence-corrected chi connectivity index (χ1v) is 6.97. The number of hydrogen-bond donors (Lipinski definition) is 1. The Labute approximate surface area is 116 Å². The topological polar surface area (TPSA) is 56.7 Å². The van der Waals surface area contributed by atoms with E-state index in [-0.39, 0.29) is 11.9 Å². The fourth-order valence-corrected chi connectivity index (χ4v) is 2.43. The molecule has 1 unspecified atom stereocenters. The molecule has 2 aromatic rings. The number of aryl methyl sites for hydroxylation is 1. The Kier molecular flexibility index (Phi) is 4.55. The van der Waals surface area contributed by atoms with Gasteiger partial charge in [0, 0.05) is 13.1 Å². The highest BCUT2D eigenvalue weighted by molar-refractivity contribution is 7.99. The van der Waals surface area contributed by atoms with Gasteiger partial charge >= 0.3 is 0 Å². The zero-order chi connectivity index (χ0) is 13.8. The predicted molar refractivity (Wildman–Crippen MR) is 73.5 cm³/mol. The van der Waals surface area contributed by atoms with E-state index < -0.39 is 0 Å².